The van der Waals surface area contributed by atoms with Gasteiger partial charge in [0.25, 0.3) is 0 Å². The Morgan fingerprint density at radius 3 is 2.48 bits per heavy atom. The maximum absolute atomic E-state index is 14.3. The number of morpholine rings is 1. The van der Waals surface area contributed by atoms with Crippen LogP contribution in [0.1, 0.15) is 19.4 Å². The normalized spacial score (nSPS) is 20.2. The van der Waals surface area contributed by atoms with E-state index in [2.05, 4.69) is 23.6 Å². The van der Waals surface area contributed by atoms with Crippen LogP contribution in [0.4, 0.5) is 15.8 Å². The summed E-state index contributed by atoms with van der Waals surface area (Å²) in [7, 11) is -3.60. The Morgan fingerprint density at radius 1 is 1.07 bits per heavy atom. The van der Waals surface area contributed by atoms with E-state index in [-0.39, 0.29) is 16.9 Å². The Morgan fingerprint density at radius 2 is 1.79 bits per heavy atom. The van der Waals surface area contributed by atoms with Crippen molar-refractivity contribution in [3.05, 3.63) is 53.8 Å². The zero-order chi connectivity index (χ0) is 20.6. The van der Waals surface area contributed by atoms with E-state index in [0.29, 0.717) is 38.4 Å². The Hall–Kier alpha value is -2.16. The summed E-state index contributed by atoms with van der Waals surface area (Å²) in [5.41, 5.74) is 2.37. The number of rotatable bonds is 5. The summed E-state index contributed by atoms with van der Waals surface area (Å²) in [4.78, 5) is 4.53. The highest BCUT2D eigenvalue weighted by Crippen LogP contribution is 2.42. The monoisotopic (exact) mass is 419 g/mol. The van der Waals surface area contributed by atoms with Crippen LogP contribution in [0.2, 0.25) is 0 Å². The van der Waals surface area contributed by atoms with Gasteiger partial charge < -0.3 is 14.5 Å². The van der Waals surface area contributed by atoms with Gasteiger partial charge in [-0.2, -0.15) is 4.31 Å². The lowest BCUT2D eigenvalue weighted by atomic mass is 10.2. The van der Waals surface area contributed by atoms with Gasteiger partial charge in [0.1, 0.15) is 5.82 Å². The van der Waals surface area contributed by atoms with E-state index in [1.165, 1.54) is 10.4 Å². The zero-order valence-electron chi connectivity index (χ0n) is 16.7. The fourth-order valence-corrected chi connectivity index (χ4v) is 5.53. The molecule has 1 unspecified atom stereocenters. The van der Waals surface area contributed by atoms with E-state index in [9.17, 15) is 12.8 Å². The third-order valence-corrected chi connectivity index (χ3v) is 7.61. The molecule has 0 aliphatic carbocycles. The van der Waals surface area contributed by atoms with Crippen molar-refractivity contribution in [2.75, 3.05) is 42.6 Å². The summed E-state index contributed by atoms with van der Waals surface area (Å²) in [5, 5.41) is 0. The van der Waals surface area contributed by atoms with Crippen LogP contribution in [-0.2, 0) is 21.3 Å². The Bertz CT molecular complexity index is 992. The van der Waals surface area contributed by atoms with E-state index in [1.54, 1.807) is 24.3 Å². The minimum atomic E-state index is -3.60. The topological polar surface area (TPSA) is 53.1 Å². The molecule has 2 aromatic carbocycles. The first-order valence-electron chi connectivity index (χ1n) is 9.92. The van der Waals surface area contributed by atoms with Crippen molar-refractivity contribution in [3.8, 4) is 0 Å². The van der Waals surface area contributed by atoms with Gasteiger partial charge in [0, 0.05) is 31.7 Å². The molecule has 0 spiro atoms. The second kappa shape index (κ2) is 7.93. The van der Waals surface area contributed by atoms with Crippen LogP contribution in [0.25, 0.3) is 0 Å². The first-order valence-corrected chi connectivity index (χ1v) is 11.4. The van der Waals surface area contributed by atoms with Crippen LogP contribution < -0.4 is 9.80 Å². The predicted octanol–water partition coefficient (Wildman–Crippen LogP) is 3.04. The fourth-order valence-electron chi connectivity index (χ4n) is 4.11. The highest BCUT2D eigenvalue weighted by Gasteiger charge is 2.35. The van der Waals surface area contributed by atoms with Crippen LogP contribution in [0, 0.1) is 5.82 Å². The molecule has 0 aromatic heterocycles. The van der Waals surface area contributed by atoms with E-state index in [1.807, 2.05) is 12.1 Å². The molecule has 2 heterocycles. The number of halogens is 1. The summed E-state index contributed by atoms with van der Waals surface area (Å²) < 4.78 is 47.3. The number of fused-ring (bicyclic) bond motifs is 1. The molecular weight excluding hydrogens is 393 g/mol. The third kappa shape index (κ3) is 3.60. The van der Waals surface area contributed by atoms with Gasteiger partial charge in [-0.15, -0.1) is 0 Å². The van der Waals surface area contributed by atoms with Crippen LogP contribution >= 0.6 is 0 Å². The molecule has 2 aliphatic rings. The van der Waals surface area contributed by atoms with E-state index < -0.39 is 10.0 Å². The van der Waals surface area contributed by atoms with E-state index >= 15 is 0 Å². The summed E-state index contributed by atoms with van der Waals surface area (Å²) >= 11 is 0. The second-order valence-electron chi connectivity index (χ2n) is 7.30. The molecule has 8 heteroatoms. The average Bonchev–Trinajstić information content (AvgIpc) is 3.00. The van der Waals surface area contributed by atoms with Crippen molar-refractivity contribution >= 4 is 21.4 Å². The first-order chi connectivity index (χ1) is 13.9. The number of sulfonamides is 1. The molecule has 0 saturated carbocycles. The molecule has 1 saturated heterocycles. The van der Waals surface area contributed by atoms with Gasteiger partial charge in [-0.1, -0.05) is 18.2 Å². The molecule has 1 fully saturated rings. The quantitative estimate of drug-likeness (QED) is 0.746. The van der Waals surface area contributed by atoms with Crippen LogP contribution in [0.5, 0.6) is 0 Å². The number of benzene rings is 2. The number of nitrogens with zero attached hydrogens (tertiary/aromatic N) is 3. The fraction of sp³-hybridized carbons (Fsp3) is 0.429. The summed E-state index contributed by atoms with van der Waals surface area (Å²) in [6.07, 6.45) is -0.00375. The van der Waals surface area contributed by atoms with Crippen LogP contribution in [0.15, 0.2) is 47.4 Å². The third-order valence-electron chi connectivity index (χ3n) is 5.71. The number of anilines is 2. The highest BCUT2D eigenvalue weighted by atomic mass is 32.2. The zero-order valence-corrected chi connectivity index (χ0v) is 17.5. The summed E-state index contributed by atoms with van der Waals surface area (Å²) in [5.74, 6) is -0.256. The van der Waals surface area contributed by atoms with Gasteiger partial charge in [-0.05, 0) is 38.1 Å². The molecule has 1 atom stereocenters. The van der Waals surface area contributed by atoms with Gasteiger partial charge in [-0.3, -0.25) is 0 Å². The van der Waals surface area contributed by atoms with Gasteiger partial charge >= 0.3 is 0 Å². The van der Waals surface area contributed by atoms with Crippen LogP contribution in [-0.4, -0.2) is 51.7 Å². The van der Waals surface area contributed by atoms with Crippen molar-refractivity contribution in [1.82, 2.24) is 4.31 Å². The largest absolute Gasteiger partial charge is 0.379 e. The van der Waals surface area contributed by atoms with Crippen molar-refractivity contribution < 1.29 is 17.5 Å². The van der Waals surface area contributed by atoms with Gasteiger partial charge in [-0.25, -0.2) is 12.8 Å². The first kappa shape index (κ1) is 20.1. The van der Waals surface area contributed by atoms with Crippen molar-refractivity contribution in [1.29, 1.82) is 0 Å². The van der Waals surface area contributed by atoms with Crippen LogP contribution in [0.3, 0.4) is 0 Å². The number of hydrogen-bond acceptors (Lipinski definition) is 5. The molecule has 2 aromatic rings. The van der Waals surface area contributed by atoms with Crippen molar-refractivity contribution in [3.63, 3.8) is 0 Å². The molecule has 6 nitrogen and oxygen atoms in total. The Kier molecular flexibility index (Phi) is 5.50. The van der Waals surface area contributed by atoms with E-state index in [4.69, 9.17) is 4.74 Å². The van der Waals surface area contributed by atoms with E-state index in [0.717, 1.165) is 17.9 Å². The molecule has 156 valence electrons. The van der Waals surface area contributed by atoms with Gasteiger partial charge in [0.05, 0.1) is 35.6 Å². The standard InChI is InChI=1S/C21H26FN3O3S/c1-3-24-16(2)25(15-17-6-4-5-7-19(17)22)21-14-18(8-9-20(21)24)29(26,27)23-10-12-28-13-11-23/h4-9,14,16H,3,10-13,15H2,1-2H3. The lowest BCUT2D eigenvalue weighted by Crippen LogP contribution is -2.41. The second-order valence-corrected chi connectivity index (χ2v) is 9.24. The minimum Gasteiger partial charge on any atom is -0.379 e. The molecule has 0 N–H and O–H groups in total. The van der Waals surface area contributed by atoms with Crippen molar-refractivity contribution in [2.24, 2.45) is 0 Å². The predicted molar refractivity (Wildman–Crippen MR) is 111 cm³/mol. The molecule has 2 aliphatic heterocycles. The highest BCUT2D eigenvalue weighted by molar-refractivity contribution is 7.89. The molecule has 0 bridgehead atoms. The summed E-state index contributed by atoms with van der Waals surface area (Å²) in [6, 6.07) is 12.0. The number of ether oxygens (including phenoxy) is 1. The molecule has 0 amide bonds. The lowest BCUT2D eigenvalue weighted by molar-refractivity contribution is 0.0730. The molecule has 29 heavy (non-hydrogen) atoms. The lowest BCUT2D eigenvalue weighted by Gasteiger charge is -2.29. The minimum absolute atomic E-state index is 0.00375. The molecule has 0 radical (unpaired) electrons. The Labute approximate surface area is 171 Å². The average molecular weight is 420 g/mol. The van der Waals surface area contributed by atoms with Gasteiger partial charge in [0.15, 0.2) is 0 Å². The molecular formula is C21H26FN3O3S. The van der Waals surface area contributed by atoms with Crippen molar-refractivity contribution in [2.45, 2.75) is 31.5 Å². The summed E-state index contributed by atoms with van der Waals surface area (Å²) in [6.45, 7) is 6.79. The van der Waals surface area contributed by atoms with Gasteiger partial charge in [0.2, 0.25) is 10.0 Å². The Balaban J connectivity index is 1.72. The maximum atomic E-state index is 14.3. The SMILES string of the molecule is CCN1c2ccc(S(=O)(=O)N3CCOCC3)cc2N(Cc2ccccc2F)C1C. The smallest absolute Gasteiger partial charge is 0.243 e. The number of hydrogen-bond donors (Lipinski definition) is 0. The maximum Gasteiger partial charge on any atom is 0.243 e. The molecule has 4 rings (SSSR count).